The van der Waals surface area contributed by atoms with E-state index in [2.05, 4.69) is 42.2 Å². The molecule has 1 heterocycles. The summed E-state index contributed by atoms with van der Waals surface area (Å²) in [5.74, 6) is 1.41. The minimum atomic E-state index is 0.623. The van der Waals surface area contributed by atoms with Gasteiger partial charge in [-0.15, -0.1) is 0 Å². The molecule has 80 valence electrons. The number of amidine groups is 1. The first-order chi connectivity index (χ1) is 7.31. The van der Waals surface area contributed by atoms with Crippen LogP contribution in [0.5, 0.6) is 0 Å². The molecule has 1 aromatic rings. The van der Waals surface area contributed by atoms with E-state index in [0.717, 1.165) is 25.3 Å². The van der Waals surface area contributed by atoms with Crippen LogP contribution < -0.4 is 0 Å². The minimum Gasteiger partial charge on any atom is -0.360 e. The zero-order valence-corrected chi connectivity index (χ0v) is 9.24. The van der Waals surface area contributed by atoms with Gasteiger partial charge in [0, 0.05) is 25.4 Å². The Bertz CT molecular complexity index is 332. The lowest BCUT2D eigenvalue weighted by atomic mass is 9.99. The zero-order valence-electron chi connectivity index (χ0n) is 9.24. The van der Waals surface area contributed by atoms with Crippen LogP contribution in [0.1, 0.15) is 31.2 Å². The van der Waals surface area contributed by atoms with E-state index in [1.54, 1.807) is 0 Å². The third kappa shape index (κ3) is 2.20. The van der Waals surface area contributed by atoms with Crippen molar-refractivity contribution in [3.8, 4) is 0 Å². The van der Waals surface area contributed by atoms with E-state index in [0.29, 0.717) is 5.92 Å². The SMILES string of the molecule is CCC(=N)N1CCC(c2ccccc2)C1. The number of nitrogens with one attached hydrogen (secondary N) is 1. The van der Waals surface area contributed by atoms with Crippen LogP contribution in [-0.2, 0) is 0 Å². The van der Waals surface area contributed by atoms with Crippen LogP contribution >= 0.6 is 0 Å². The van der Waals surface area contributed by atoms with Crippen molar-refractivity contribution in [1.29, 1.82) is 5.41 Å². The van der Waals surface area contributed by atoms with Crippen LogP contribution in [0.15, 0.2) is 30.3 Å². The van der Waals surface area contributed by atoms with Crippen molar-refractivity contribution in [2.45, 2.75) is 25.7 Å². The average Bonchev–Trinajstić information content (AvgIpc) is 2.78. The molecule has 1 unspecified atom stereocenters. The van der Waals surface area contributed by atoms with Gasteiger partial charge in [-0.05, 0) is 12.0 Å². The second-order valence-electron chi connectivity index (χ2n) is 4.14. The van der Waals surface area contributed by atoms with E-state index in [4.69, 9.17) is 5.41 Å². The summed E-state index contributed by atoms with van der Waals surface area (Å²) in [6.45, 7) is 4.13. The van der Waals surface area contributed by atoms with E-state index in [1.807, 2.05) is 0 Å². The van der Waals surface area contributed by atoms with Crippen molar-refractivity contribution in [2.24, 2.45) is 0 Å². The Labute approximate surface area is 91.4 Å². The molecule has 2 nitrogen and oxygen atoms in total. The van der Waals surface area contributed by atoms with E-state index in [1.165, 1.54) is 12.0 Å². The zero-order chi connectivity index (χ0) is 10.7. The summed E-state index contributed by atoms with van der Waals surface area (Å²) >= 11 is 0. The Balaban J connectivity index is 2.02. The Morgan fingerprint density at radius 2 is 2.13 bits per heavy atom. The Morgan fingerprint density at radius 3 is 2.80 bits per heavy atom. The first-order valence-corrected chi connectivity index (χ1v) is 5.68. The lowest BCUT2D eigenvalue weighted by Crippen LogP contribution is -2.26. The molecule has 15 heavy (non-hydrogen) atoms. The Hall–Kier alpha value is -1.31. The van der Waals surface area contributed by atoms with E-state index >= 15 is 0 Å². The maximum Gasteiger partial charge on any atom is 0.0955 e. The Kier molecular flexibility index (Phi) is 3.05. The van der Waals surface area contributed by atoms with Crippen LogP contribution in [-0.4, -0.2) is 23.8 Å². The summed E-state index contributed by atoms with van der Waals surface area (Å²) in [6, 6.07) is 10.7. The third-order valence-corrected chi connectivity index (χ3v) is 3.18. The molecular formula is C13H18N2. The second kappa shape index (κ2) is 4.47. The standard InChI is InChI=1S/C13H18N2/c1-2-13(14)15-9-8-12(10-15)11-6-4-3-5-7-11/h3-7,12,14H,2,8-10H2,1H3. The molecule has 0 spiro atoms. The van der Waals surface area contributed by atoms with Gasteiger partial charge in [-0.1, -0.05) is 37.3 Å². The molecule has 1 fully saturated rings. The summed E-state index contributed by atoms with van der Waals surface area (Å²) in [4.78, 5) is 2.21. The molecule has 0 saturated carbocycles. The molecule has 0 amide bonds. The van der Waals surface area contributed by atoms with Crippen LogP contribution in [0.4, 0.5) is 0 Å². The van der Waals surface area contributed by atoms with Crippen molar-refractivity contribution < 1.29 is 0 Å². The molecule has 2 heteroatoms. The fourth-order valence-electron chi connectivity index (χ4n) is 2.23. The van der Waals surface area contributed by atoms with Crippen LogP contribution in [0.3, 0.4) is 0 Å². The summed E-state index contributed by atoms with van der Waals surface area (Å²) in [5.41, 5.74) is 1.42. The minimum absolute atomic E-state index is 0.623. The predicted molar refractivity (Wildman–Crippen MR) is 63.4 cm³/mol. The molecule has 1 atom stereocenters. The van der Waals surface area contributed by atoms with E-state index < -0.39 is 0 Å². The third-order valence-electron chi connectivity index (χ3n) is 3.18. The summed E-state index contributed by atoms with van der Waals surface area (Å²) in [7, 11) is 0. The van der Waals surface area contributed by atoms with Crippen molar-refractivity contribution in [3.05, 3.63) is 35.9 Å². The molecule has 1 saturated heterocycles. The smallest absolute Gasteiger partial charge is 0.0955 e. The molecule has 1 aromatic carbocycles. The lowest BCUT2D eigenvalue weighted by molar-refractivity contribution is 0.496. The first-order valence-electron chi connectivity index (χ1n) is 5.68. The highest BCUT2D eigenvalue weighted by atomic mass is 15.2. The second-order valence-corrected chi connectivity index (χ2v) is 4.14. The van der Waals surface area contributed by atoms with Crippen molar-refractivity contribution in [3.63, 3.8) is 0 Å². The first kappa shape index (κ1) is 10.2. The number of hydrogen-bond donors (Lipinski definition) is 1. The molecule has 1 aliphatic rings. The number of hydrogen-bond acceptors (Lipinski definition) is 1. The van der Waals surface area contributed by atoms with E-state index in [9.17, 15) is 0 Å². The highest BCUT2D eigenvalue weighted by Gasteiger charge is 2.24. The lowest BCUT2D eigenvalue weighted by Gasteiger charge is -2.18. The normalized spacial score (nSPS) is 20.6. The predicted octanol–water partition coefficient (Wildman–Crippen LogP) is 2.86. The van der Waals surface area contributed by atoms with Crippen molar-refractivity contribution in [1.82, 2.24) is 4.90 Å². The molecular weight excluding hydrogens is 184 g/mol. The van der Waals surface area contributed by atoms with Gasteiger partial charge in [0.1, 0.15) is 0 Å². The average molecular weight is 202 g/mol. The molecule has 0 aromatic heterocycles. The van der Waals surface area contributed by atoms with Gasteiger partial charge in [0.05, 0.1) is 5.84 Å². The van der Waals surface area contributed by atoms with Gasteiger partial charge < -0.3 is 4.90 Å². The topological polar surface area (TPSA) is 27.1 Å². The van der Waals surface area contributed by atoms with Gasteiger partial charge >= 0.3 is 0 Å². The van der Waals surface area contributed by atoms with Gasteiger partial charge in [-0.2, -0.15) is 0 Å². The van der Waals surface area contributed by atoms with Crippen molar-refractivity contribution >= 4 is 5.84 Å². The molecule has 1 aliphatic heterocycles. The number of nitrogens with zero attached hydrogens (tertiary/aromatic N) is 1. The Morgan fingerprint density at radius 1 is 1.40 bits per heavy atom. The summed E-state index contributed by atoms with van der Waals surface area (Å²) in [6.07, 6.45) is 2.04. The monoisotopic (exact) mass is 202 g/mol. The maximum atomic E-state index is 7.81. The molecule has 2 rings (SSSR count). The molecule has 1 N–H and O–H groups in total. The molecule has 0 aliphatic carbocycles. The van der Waals surface area contributed by atoms with Gasteiger partial charge in [0.2, 0.25) is 0 Å². The molecule has 0 radical (unpaired) electrons. The van der Waals surface area contributed by atoms with Gasteiger partial charge in [-0.25, -0.2) is 0 Å². The van der Waals surface area contributed by atoms with Gasteiger partial charge in [0.15, 0.2) is 0 Å². The van der Waals surface area contributed by atoms with Crippen molar-refractivity contribution in [2.75, 3.05) is 13.1 Å². The highest BCUT2D eigenvalue weighted by molar-refractivity contribution is 5.79. The fourth-order valence-corrected chi connectivity index (χ4v) is 2.23. The molecule has 0 bridgehead atoms. The van der Waals surface area contributed by atoms with Gasteiger partial charge in [-0.3, -0.25) is 5.41 Å². The van der Waals surface area contributed by atoms with Crippen LogP contribution in [0.25, 0.3) is 0 Å². The van der Waals surface area contributed by atoms with Gasteiger partial charge in [0.25, 0.3) is 0 Å². The number of likely N-dealkylation sites (tertiary alicyclic amines) is 1. The number of rotatable bonds is 2. The summed E-state index contributed by atoms with van der Waals surface area (Å²) in [5, 5.41) is 7.81. The van der Waals surface area contributed by atoms with Crippen LogP contribution in [0, 0.1) is 5.41 Å². The van der Waals surface area contributed by atoms with Crippen LogP contribution in [0.2, 0.25) is 0 Å². The van der Waals surface area contributed by atoms with E-state index in [-0.39, 0.29) is 0 Å². The quantitative estimate of drug-likeness (QED) is 0.579. The summed E-state index contributed by atoms with van der Waals surface area (Å²) < 4.78 is 0. The highest BCUT2D eigenvalue weighted by Crippen LogP contribution is 2.27. The fraction of sp³-hybridized carbons (Fsp3) is 0.462. The maximum absolute atomic E-state index is 7.81. The largest absolute Gasteiger partial charge is 0.360 e. The number of benzene rings is 1.